The van der Waals surface area contributed by atoms with Crippen LogP contribution in [-0.2, 0) is 28.7 Å². The van der Waals surface area contributed by atoms with Gasteiger partial charge in [0.25, 0.3) is 11.8 Å². The molecule has 3 rings (SSSR count). The molecule has 0 aliphatic carbocycles. The highest BCUT2D eigenvalue weighted by molar-refractivity contribution is 8.00. The number of amides is 5. The second-order valence-electron chi connectivity index (χ2n) is 7.60. The molecule has 3 aliphatic rings. The van der Waals surface area contributed by atoms with Gasteiger partial charge in [-0.1, -0.05) is 11.5 Å². The molecule has 3 heterocycles. The van der Waals surface area contributed by atoms with Crippen LogP contribution in [0.15, 0.2) is 0 Å². The Bertz CT molecular complexity index is 720. The van der Waals surface area contributed by atoms with Gasteiger partial charge in [0.15, 0.2) is 0 Å². The second kappa shape index (κ2) is 11.9. The van der Waals surface area contributed by atoms with Crippen molar-refractivity contribution in [2.45, 2.75) is 55.9 Å². The van der Waals surface area contributed by atoms with Crippen LogP contribution >= 0.6 is 11.8 Å². The topological polar surface area (TPSA) is 152 Å². The van der Waals surface area contributed by atoms with E-state index in [1.54, 1.807) is 0 Å². The predicted molar refractivity (Wildman–Crippen MR) is 111 cm³/mol. The van der Waals surface area contributed by atoms with Gasteiger partial charge in [-0.2, -0.15) is 11.8 Å². The van der Waals surface area contributed by atoms with Gasteiger partial charge in [-0.15, -0.1) is 0 Å². The molecule has 3 unspecified atom stereocenters. The van der Waals surface area contributed by atoms with Crippen LogP contribution in [0.5, 0.6) is 0 Å². The van der Waals surface area contributed by atoms with Gasteiger partial charge < -0.3 is 25.4 Å². The van der Waals surface area contributed by atoms with E-state index in [4.69, 9.17) is 9.47 Å². The van der Waals surface area contributed by atoms with Crippen LogP contribution in [0.25, 0.3) is 0 Å². The quantitative estimate of drug-likeness (QED) is 0.155. The van der Waals surface area contributed by atoms with Gasteiger partial charge in [-0.25, -0.2) is 9.59 Å². The fraction of sp³-hybridized carbons (Fsp3) is 0.737. The standard InChI is InChI=1S/C19H28N4O8S/c24-14(4-2-1-3-13-17-12(11-32-13)21-18(27)22-17)20-7-8-29-9-10-30-19(28)31-23-15(25)5-6-16(23)26/h12-13,17H,1-11H2,(H,20,24)(H2,21,22,27). The molecular formula is C19H28N4O8S. The summed E-state index contributed by atoms with van der Waals surface area (Å²) in [5, 5.41) is 9.44. The molecule has 32 heavy (non-hydrogen) atoms. The zero-order chi connectivity index (χ0) is 22.9. The molecule has 3 aliphatic heterocycles. The van der Waals surface area contributed by atoms with Crippen molar-refractivity contribution in [3.8, 4) is 0 Å². The molecule has 0 aromatic heterocycles. The molecule has 0 aromatic rings. The van der Waals surface area contributed by atoms with E-state index in [1.807, 2.05) is 11.8 Å². The van der Waals surface area contributed by atoms with Gasteiger partial charge in [0, 0.05) is 36.8 Å². The molecule has 3 saturated heterocycles. The largest absolute Gasteiger partial charge is 0.534 e. The number of thioether (sulfide) groups is 1. The van der Waals surface area contributed by atoms with Crippen LogP contribution in [0.3, 0.4) is 0 Å². The van der Waals surface area contributed by atoms with Gasteiger partial charge in [0.2, 0.25) is 5.91 Å². The smallest absolute Gasteiger partial charge is 0.430 e. The Hall–Kier alpha value is -2.54. The normalized spacial score (nSPS) is 24.2. The number of carbonyl (C=O) groups is 5. The van der Waals surface area contributed by atoms with Crippen molar-refractivity contribution in [3.63, 3.8) is 0 Å². The number of urea groups is 1. The fourth-order valence-electron chi connectivity index (χ4n) is 3.67. The van der Waals surface area contributed by atoms with Gasteiger partial charge in [-0.05, 0) is 12.8 Å². The summed E-state index contributed by atoms with van der Waals surface area (Å²) in [5.74, 6) is -0.283. The van der Waals surface area contributed by atoms with E-state index in [-0.39, 0.29) is 56.7 Å². The SMILES string of the molecule is O=C(CCCCC1SCC2NC(=O)NC21)NCCOCCOC(=O)ON1C(=O)CCC1=O. The third-order valence-corrected chi connectivity index (χ3v) is 6.78. The minimum atomic E-state index is -1.15. The molecule has 0 spiro atoms. The fourth-order valence-corrected chi connectivity index (χ4v) is 5.21. The van der Waals surface area contributed by atoms with Crippen LogP contribution in [0.4, 0.5) is 9.59 Å². The number of nitrogens with zero attached hydrogens (tertiary/aromatic N) is 1. The number of hydrogen-bond donors (Lipinski definition) is 3. The lowest BCUT2D eigenvalue weighted by atomic mass is 10.0. The van der Waals surface area contributed by atoms with Crippen molar-refractivity contribution in [2.24, 2.45) is 0 Å². The van der Waals surface area contributed by atoms with Crippen molar-refractivity contribution in [2.75, 3.05) is 32.1 Å². The van der Waals surface area contributed by atoms with Crippen molar-refractivity contribution < 1.29 is 38.3 Å². The number of unbranched alkanes of at least 4 members (excludes halogenated alkanes) is 1. The molecule has 12 nitrogen and oxygen atoms in total. The molecule has 0 radical (unpaired) electrons. The highest BCUT2D eigenvalue weighted by Crippen LogP contribution is 2.33. The number of rotatable bonds is 12. The van der Waals surface area contributed by atoms with Crippen LogP contribution in [-0.4, -0.2) is 84.4 Å². The molecular weight excluding hydrogens is 444 g/mol. The molecule has 0 saturated carbocycles. The van der Waals surface area contributed by atoms with Gasteiger partial charge in [-0.3, -0.25) is 19.2 Å². The Kier molecular flexibility index (Phi) is 8.97. The maximum absolute atomic E-state index is 11.9. The summed E-state index contributed by atoms with van der Waals surface area (Å²) in [6, 6.07) is 0.318. The number of imide groups is 1. The van der Waals surface area contributed by atoms with Gasteiger partial charge in [0.1, 0.15) is 6.61 Å². The molecule has 178 valence electrons. The summed E-state index contributed by atoms with van der Waals surface area (Å²) < 4.78 is 9.97. The summed E-state index contributed by atoms with van der Waals surface area (Å²) in [6.45, 7) is 0.557. The zero-order valence-electron chi connectivity index (χ0n) is 17.6. The average molecular weight is 473 g/mol. The van der Waals surface area contributed by atoms with Gasteiger partial charge >= 0.3 is 12.2 Å². The van der Waals surface area contributed by atoms with E-state index < -0.39 is 18.0 Å². The van der Waals surface area contributed by atoms with Crippen molar-refractivity contribution >= 4 is 41.7 Å². The first-order valence-corrected chi connectivity index (χ1v) is 11.7. The lowest BCUT2D eigenvalue weighted by Gasteiger charge is -2.16. The third kappa shape index (κ3) is 6.99. The first-order chi connectivity index (χ1) is 15.4. The minimum Gasteiger partial charge on any atom is -0.430 e. The summed E-state index contributed by atoms with van der Waals surface area (Å²) >= 11 is 1.86. The maximum atomic E-state index is 11.9. The first kappa shape index (κ1) is 24.1. The number of fused-ring (bicyclic) bond motifs is 1. The Morgan fingerprint density at radius 3 is 2.62 bits per heavy atom. The van der Waals surface area contributed by atoms with Gasteiger partial charge in [0.05, 0.1) is 25.3 Å². The molecule has 5 amide bonds. The van der Waals surface area contributed by atoms with E-state index in [1.165, 1.54) is 0 Å². The van der Waals surface area contributed by atoms with E-state index in [0.29, 0.717) is 23.3 Å². The second-order valence-corrected chi connectivity index (χ2v) is 8.87. The Balaban J connectivity index is 1.12. The molecule has 0 bridgehead atoms. The molecule has 3 N–H and O–H groups in total. The number of hydrogen-bond acceptors (Lipinski definition) is 9. The lowest BCUT2D eigenvalue weighted by molar-refractivity contribution is -0.177. The number of carbonyl (C=O) groups excluding carboxylic acids is 5. The van der Waals surface area contributed by atoms with E-state index in [9.17, 15) is 24.0 Å². The Morgan fingerprint density at radius 1 is 1.06 bits per heavy atom. The molecule has 13 heteroatoms. The minimum absolute atomic E-state index is 0.0127. The molecule has 0 aromatic carbocycles. The highest BCUT2D eigenvalue weighted by atomic mass is 32.2. The van der Waals surface area contributed by atoms with E-state index in [0.717, 1.165) is 25.0 Å². The summed E-state index contributed by atoms with van der Waals surface area (Å²) in [7, 11) is 0. The molecule has 3 fully saturated rings. The number of hydroxylamine groups is 2. The first-order valence-electron chi connectivity index (χ1n) is 10.7. The maximum Gasteiger partial charge on any atom is 0.534 e. The summed E-state index contributed by atoms with van der Waals surface area (Å²) in [6.07, 6.45) is 1.97. The monoisotopic (exact) mass is 472 g/mol. The Morgan fingerprint density at radius 2 is 1.84 bits per heavy atom. The van der Waals surface area contributed by atoms with Crippen molar-refractivity contribution in [1.82, 2.24) is 21.0 Å². The number of ether oxygens (including phenoxy) is 2. The zero-order valence-corrected chi connectivity index (χ0v) is 18.4. The summed E-state index contributed by atoms with van der Waals surface area (Å²) in [4.78, 5) is 61.8. The van der Waals surface area contributed by atoms with Crippen molar-refractivity contribution in [1.29, 1.82) is 0 Å². The van der Waals surface area contributed by atoms with Crippen LogP contribution < -0.4 is 16.0 Å². The highest BCUT2D eigenvalue weighted by Gasteiger charge is 2.42. The number of nitrogens with one attached hydrogen (secondary N) is 3. The average Bonchev–Trinajstić information content (AvgIpc) is 3.40. The van der Waals surface area contributed by atoms with E-state index >= 15 is 0 Å². The van der Waals surface area contributed by atoms with Crippen molar-refractivity contribution in [3.05, 3.63) is 0 Å². The van der Waals surface area contributed by atoms with Crippen LogP contribution in [0.1, 0.15) is 38.5 Å². The molecule has 3 atom stereocenters. The van der Waals surface area contributed by atoms with Crippen LogP contribution in [0.2, 0.25) is 0 Å². The van der Waals surface area contributed by atoms with E-state index in [2.05, 4.69) is 20.8 Å². The lowest BCUT2D eigenvalue weighted by Crippen LogP contribution is -2.36. The Labute approximate surface area is 189 Å². The summed E-state index contributed by atoms with van der Waals surface area (Å²) in [5.41, 5.74) is 0. The predicted octanol–water partition coefficient (Wildman–Crippen LogP) is 0.0622. The third-order valence-electron chi connectivity index (χ3n) is 5.27. The van der Waals surface area contributed by atoms with Crippen LogP contribution in [0, 0.1) is 0 Å².